The molecule has 0 aromatic carbocycles. The summed E-state index contributed by atoms with van der Waals surface area (Å²) in [5, 5.41) is 11.8. The number of nitrogens with two attached hydrogens (primary N) is 1. The van der Waals surface area contributed by atoms with E-state index in [-0.39, 0.29) is 11.8 Å². The van der Waals surface area contributed by atoms with Gasteiger partial charge in [-0.3, -0.25) is 9.88 Å². The van der Waals surface area contributed by atoms with Crippen molar-refractivity contribution < 1.29 is 9.94 Å². The van der Waals surface area contributed by atoms with Gasteiger partial charge in [-0.05, 0) is 20.4 Å². The molecule has 0 saturated heterocycles. The Bertz CT molecular complexity index is 503. The number of pyridine rings is 1. The zero-order chi connectivity index (χ0) is 16.0. The number of hydrogen-bond donors (Lipinski definition) is 2. The van der Waals surface area contributed by atoms with E-state index in [1.165, 1.54) is 0 Å². The van der Waals surface area contributed by atoms with E-state index in [4.69, 9.17) is 15.7 Å². The summed E-state index contributed by atoms with van der Waals surface area (Å²) in [5.41, 5.74) is 8.73. The molecule has 1 aromatic rings. The predicted octanol–water partition coefficient (Wildman–Crippen LogP) is 1.91. The Morgan fingerprint density at radius 3 is 2.71 bits per heavy atom. The molecule has 3 N–H and O–H groups in total. The van der Waals surface area contributed by atoms with Gasteiger partial charge >= 0.3 is 0 Å². The molecule has 0 saturated carbocycles. The van der Waals surface area contributed by atoms with Crippen molar-refractivity contribution in [1.82, 2.24) is 9.88 Å². The smallest absolute Gasteiger partial charge is 0.143 e. The minimum Gasteiger partial charge on any atom is -0.496 e. The molecule has 0 radical (unpaired) electrons. The summed E-state index contributed by atoms with van der Waals surface area (Å²) < 4.78 is 5.44. The van der Waals surface area contributed by atoms with E-state index >= 15 is 0 Å². The monoisotopic (exact) mass is 294 g/mol. The topological polar surface area (TPSA) is 84.0 Å². The molecule has 1 rings (SSSR count). The number of nitrogens with zero attached hydrogens (tertiary/aromatic N) is 3. The molecule has 0 aliphatic carbocycles. The molecule has 118 valence electrons. The van der Waals surface area contributed by atoms with Crippen molar-refractivity contribution >= 4 is 5.84 Å². The van der Waals surface area contributed by atoms with Crippen LogP contribution >= 0.6 is 0 Å². The first-order valence-corrected chi connectivity index (χ1v) is 7.13. The van der Waals surface area contributed by atoms with Gasteiger partial charge in [0.05, 0.1) is 12.8 Å². The molecule has 6 nitrogen and oxygen atoms in total. The lowest BCUT2D eigenvalue weighted by Gasteiger charge is -2.24. The standard InChI is InChI=1S/C15H26N4O2/c1-6-19(8-11(3)15(16)18-20)9-13-12(4)14(21-5)10(2)7-17-13/h7,11,20H,6,8-9H2,1-5H3,(H2,16,18). The number of aromatic nitrogens is 1. The molecule has 0 amide bonds. The van der Waals surface area contributed by atoms with Crippen molar-refractivity contribution in [2.75, 3.05) is 20.2 Å². The second-order valence-corrected chi connectivity index (χ2v) is 5.30. The minimum absolute atomic E-state index is 0.0115. The third-order valence-corrected chi connectivity index (χ3v) is 3.72. The highest BCUT2D eigenvalue weighted by Crippen LogP contribution is 2.24. The maximum Gasteiger partial charge on any atom is 0.143 e. The molecule has 1 heterocycles. The van der Waals surface area contributed by atoms with Crippen LogP contribution < -0.4 is 10.5 Å². The summed E-state index contributed by atoms with van der Waals surface area (Å²) in [4.78, 5) is 6.73. The van der Waals surface area contributed by atoms with Gasteiger partial charge in [0.2, 0.25) is 0 Å². The summed E-state index contributed by atoms with van der Waals surface area (Å²) in [5.74, 6) is 1.13. The van der Waals surface area contributed by atoms with E-state index < -0.39 is 0 Å². The zero-order valence-electron chi connectivity index (χ0n) is 13.6. The lowest BCUT2D eigenvalue weighted by atomic mass is 10.1. The Balaban J connectivity index is 2.87. The summed E-state index contributed by atoms with van der Waals surface area (Å²) in [7, 11) is 1.68. The average molecular weight is 294 g/mol. The predicted molar refractivity (Wildman–Crippen MR) is 83.8 cm³/mol. The van der Waals surface area contributed by atoms with E-state index in [0.717, 1.165) is 29.1 Å². The lowest BCUT2D eigenvalue weighted by molar-refractivity contribution is 0.254. The summed E-state index contributed by atoms with van der Waals surface area (Å²) in [6.45, 7) is 10.3. The average Bonchev–Trinajstić information content (AvgIpc) is 2.48. The van der Waals surface area contributed by atoms with E-state index in [1.54, 1.807) is 7.11 Å². The van der Waals surface area contributed by atoms with Gasteiger partial charge in [0.1, 0.15) is 11.6 Å². The number of hydrogen-bond acceptors (Lipinski definition) is 5. The number of oxime groups is 1. The molecule has 21 heavy (non-hydrogen) atoms. The number of methoxy groups -OCH3 is 1. The highest BCUT2D eigenvalue weighted by molar-refractivity contribution is 5.82. The van der Waals surface area contributed by atoms with Crippen LogP contribution in [0.25, 0.3) is 0 Å². The molecular weight excluding hydrogens is 268 g/mol. The molecule has 1 unspecified atom stereocenters. The molecule has 1 aromatic heterocycles. The van der Waals surface area contributed by atoms with Crippen LogP contribution in [-0.2, 0) is 6.54 Å². The van der Waals surface area contributed by atoms with Crippen molar-refractivity contribution in [1.29, 1.82) is 0 Å². The Morgan fingerprint density at radius 2 is 2.19 bits per heavy atom. The Morgan fingerprint density at radius 1 is 1.52 bits per heavy atom. The first-order chi connectivity index (χ1) is 9.94. The Kier molecular flexibility index (Phi) is 6.42. The fourth-order valence-corrected chi connectivity index (χ4v) is 2.33. The van der Waals surface area contributed by atoms with Crippen LogP contribution in [0.15, 0.2) is 11.4 Å². The van der Waals surface area contributed by atoms with E-state index in [9.17, 15) is 0 Å². The van der Waals surface area contributed by atoms with Crippen LogP contribution in [0, 0.1) is 19.8 Å². The van der Waals surface area contributed by atoms with Gasteiger partial charge in [-0.25, -0.2) is 0 Å². The number of aryl methyl sites for hydroxylation is 1. The molecule has 0 fully saturated rings. The molecule has 0 aliphatic heterocycles. The molecule has 0 aliphatic rings. The van der Waals surface area contributed by atoms with E-state index in [0.29, 0.717) is 13.1 Å². The van der Waals surface area contributed by atoms with Crippen LogP contribution in [0.1, 0.15) is 30.7 Å². The number of ether oxygens (including phenoxy) is 1. The highest BCUT2D eigenvalue weighted by atomic mass is 16.5. The highest BCUT2D eigenvalue weighted by Gasteiger charge is 2.16. The lowest BCUT2D eigenvalue weighted by Crippen LogP contribution is -2.35. The maximum atomic E-state index is 8.74. The summed E-state index contributed by atoms with van der Waals surface area (Å²) in [6, 6.07) is 0. The second kappa shape index (κ2) is 7.83. The zero-order valence-corrected chi connectivity index (χ0v) is 13.6. The van der Waals surface area contributed by atoms with Gasteiger partial charge in [0.25, 0.3) is 0 Å². The third-order valence-electron chi connectivity index (χ3n) is 3.72. The second-order valence-electron chi connectivity index (χ2n) is 5.30. The summed E-state index contributed by atoms with van der Waals surface area (Å²) in [6.07, 6.45) is 1.84. The quantitative estimate of drug-likeness (QED) is 0.347. The first-order valence-electron chi connectivity index (χ1n) is 7.13. The van der Waals surface area contributed by atoms with Crippen molar-refractivity contribution in [3.05, 3.63) is 23.0 Å². The van der Waals surface area contributed by atoms with E-state index in [1.807, 2.05) is 27.0 Å². The third kappa shape index (κ3) is 4.32. The van der Waals surface area contributed by atoms with Gasteiger partial charge in [0, 0.05) is 36.3 Å². The first kappa shape index (κ1) is 17.2. The van der Waals surface area contributed by atoms with Gasteiger partial charge in [-0.2, -0.15) is 0 Å². The molecular formula is C15H26N4O2. The molecule has 0 spiro atoms. The Labute approximate surface area is 126 Å². The van der Waals surface area contributed by atoms with Crippen LogP contribution in [-0.4, -0.2) is 41.1 Å². The normalized spacial score (nSPS) is 13.5. The van der Waals surface area contributed by atoms with Crippen LogP contribution in [0.2, 0.25) is 0 Å². The van der Waals surface area contributed by atoms with Gasteiger partial charge in [-0.15, -0.1) is 0 Å². The largest absolute Gasteiger partial charge is 0.496 e. The van der Waals surface area contributed by atoms with Gasteiger partial charge < -0.3 is 15.7 Å². The van der Waals surface area contributed by atoms with Gasteiger partial charge in [0.15, 0.2) is 0 Å². The minimum atomic E-state index is -0.0115. The fraction of sp³-hybridized carbons (Fsp3) is 0.600. The molecule has 1 atom stereocenters. The fourth-order valence-electron chi connectivity index (χ4n) is 2.33. The molecule has 0 bridgehead atoms. The maximum absolute atomic E-state index is 8.74. The van der Waals surface area contributed by atoms with Crippen LogP contribution in [0.4, 0.5) is 0 Å². The van der Waals surface area contributed by atoms with Crippen molar-refractivity contribution in [3.63, 3.8) is 0 Å². The molecule has 6 heteroatoms. The summed E-state index contributed by atoms with van der Waals surface area (Å²) >= 11 is 0. The van der Waals surface area contributed by atoms with Gasteiger partial charge in [-0.1, -0.05) is 19.0 Å². The Hall–Kier alpha value is -1.82. The number of amidine groups is 1. The van der Waals surface area contributed by atoms with Crippen LogP contribution in [0.5, 0.6) is 5.75 Å². The number of rotatable bonds is 7. The SMILES string of the molecule is CCN(Cc1ncc(C)c(OC)c1C)CC(C)C(N)=NO. The van der Waals surface area contributed by atoms with Crippen molar-refractivity contribution in [2.24, 2.45) is 16.8 Å². The van der Waals surface area contributed by atoms with Crippen LogP contribution in [0.3, 0.4) is 0 Å². The van der Waals surface area contributed by atoms with Crippen molar-refractivity contribution in [3.8, 4) is 5.75 Å². The van der Waals surface area contributed by atoms with E-state index in [2.05, 4.69) is 22.0 Å². The van der Waals surface area contributed by atoms with Crippen molar-refractivity contribution in [2.45, 2.75) is 34.2 Å².